The number of fused-ring (bicyclic) bond motifs is 1. The molecule has 0 atom stereocenters. The van der Waals surface area contributed by atoms with Gasteiger partial charge in [-0.2, -0.15) is 5.10 Å². The van der Waals surface area contributed by atoms with Crippen LogP contribution in [0.5, 0.6) is 0 Å². The number of H-pyrrole nitrogens is 1. The van der Waals surface area contributed by atoms with Crippen LogP contribution in [0.3, 0.4) is 0 Å². The van der Waals surface area contributed by atoms with Gasteiger partial charge in [-0.15, -0.1) is 0 Å². The van der Waals surface area contributed by atoms with Gasteiger partial charge in [0.25, 0.3) is 0 Å². The Morgan fingerprint density at radius 3 is 3.09 bits per heavy atom. The minimum absolute atomic E-state index is 0.451. The molecule has 0 amide bonds. The first-order chi connectivity index (χ1) is 11.2. The number of hydrogen-bond acceptors (Lipinski definition) is 5. The summed E-state index contributed by atoms with van der Waals surface area (Å²) in [5.74, 6) is 0. The van der Waals surface area contributed by atoms with Crippen LogP contribution in [-0.4, -0.2) is 28.1 Å². The van der Waals surface area contributed by atoms with Crippen molar-refractivity contribution in [3.05, 3.63) is 47.5 Å². The van der Waals surface area contributed by atoms with Crippen molar-refractivity contribution in [2.24, 2.45) is 0 Å². The summed E-state index contributed by atoms with van der Waals surface area (Å²) in [5, 5.41) is 8.76. The van der Waals surface area contributed by atoms with Crippen LogP contribution in [0.4, 0.5) is 5.69 Å². The number of aromatic amines is 1. The monoisotopic (exact) mass is 347 g/mol. The number of aromatic nitrogens is 3. The van der Waals surface area contributed by atoms with E-state index in [0.717, 1.165) is 22.1 Å². The third-order valence-electron chi connectivity index (χ3n) is 3.20. The van der Waals surface area contributed by atoms with Crippen molar-refractivity contribution in [3.8, 4) is 0 Å². The summed E-state index contributed by atoms with van der Waals surface area (Å²) in [4.78, 5) is 15.5. The van der Waals surface area contributed by atoms with E-state index in [2.05, 4.69) is 20.1 Å². The summed E-state index contributed by atoms with van der Waals surface area (Å²) >= 11 is 7.39. The highest BCUT2D eigenvalue weighted by Crippen LogP contribution is 2.30. The number of nitrogens with one attached hydrogen (secondary N) is 3. The molecule has 3 aromatic rings. The van der Waals surface area contributed by atoms with Crippen molar-refractivity contribution in [1.29, 1.82) is 0 Å². The van der Waals surface area contributed by atoms with Gasteiger partial charge in [0.15, 0.2) is 6.29 Å². The molecule has 6 nitrogen and oxygen atoms in total. The fourth-order valence-electron chi connectivity index (χ4n) is 2.10. The van der Waals surface area contributed by atoms with Crippen LogP contribution in [0.25, 0.3) is 17.1 Å². The zero-order valence-electron chi connectivity index (χ0n) is 12.2. The third-order valence-corrected chi connectivity index (χ3v) is 4.32. The van der Waals surface area contributed by atoms with Crippen LogP contribution in [0.15, 0.2) is 41.7 Å². The Labute approximate surface area is 142 Å². The lowest BCUT2D eigenvalue weighted by Gasteiger charge is -2.03. The molecule has 0 fully saturated rings. The average Bonchev–Trinajstić information content (AvgIpc) is 3.13. The first kappa shape index (κ1) is 15.5. The van der Waals surface area contributed by atoms with E-state index >= 15 is 0 Å². The zero-order chi connectivity index (χ0) is 16.2. The maximum absolute atomic E-state index is 11.3. The third kappa shape index (κ3) is 3.20. The van der Waals surface area contributed by atoms with E-state index in [1.807, 2.05) is 24.4 Å². The number of halogens is 1. The zero-order valence-corrected chi connectivity index (χ0v) is 13.8. The van der Waals surface area contributed by atoms with Gasteiger partial charge in [-0.05, 0) is 24.1 Å². The number of benzene rings is 1. The highest BCUT2D eigenvalue weighted by Gasteiger charge is 2.10. The highest BCUT2D eigenvalue weighted by atomic mass is 35.5. The van der Waals surface area contributed by atoms with Crippen molar-refractivity contribution in [1.82, 2.24) is 20.1 Å². The predicted molar refractivity (Wildman–Crippen MR) is 94.8 cm³/mol. The number of nitrogens with zero attached hydrogens (tertiary/aromatic N) is 2. The lowest BCUT2D eigenvalue weighted by molar-refractivity contribution is 0.111. The number of aldehydes is 1. The van der Waals surface area contributed by atoms with Crippen LogP contribution in [0.2, 0.25) is 5.02 Å². The molecule has 3 N–H and O–H groups in total. The van der Waals surface area contributed by atoms with Gasteiger partial charge in [0.1, 0.15) is 5.69 Å². The standard InChI is InChI=1S/C15H14ClN5OS/c1-17-4-5-21-14(9-22)13(7-19-21)20-23-15-8-18-12-6-10(16)2-3-11(12)15/h2-9,17-18,20H,1H3/b5-4-. The van der Waals surface area contributed by atoms with Gasteiger partial charge in [-0.25, -0.2) is 4.68 Å². The number of rotatable bonds is 6. The minimum atomic E-state index is 0.451. The normalized spacial score (nSPS) is 11.2. The van der Waals surface area contributed by atoms with Gasteiger partial charge in [-0.3, -0.25) is 4.79 Å². The lowest BCUT2D eigenvalue weighted by atomic mass is 10.2. The second-order valence-electron chi connectivity index (χ2n) is 4.66. The minimum Gasteiger partial charge on any atom is -0.393 e. The van der Waals surface area contributed by atoms with Gasteiger partial charge in [0, 0.05) is 41.6 Å². The average molecular weight is 348 g/mol. The number of carbonyl (C=O) groups is 1. The fourth-order valence-corrected chi connectivity index (χ4v) is 3.05. The molecule has 2 aromatic heterocycles. The summed E-state index contributed by atoms with van der Waals surface area (Å²) in [5.41, 5.74) is 2.06. The van der Waals surface area contributed by atoms with Crippen LogP contribution in [-0.2, 0) is 0 Å². The Kier molecular flexibility index (Phi) is 4.59. The summed E-state index contributed by atoms with van der Waals surface area (Å²) in [6.07, 6.45) is 7.64. The first-order valence-electron chi connectivity index (χ1n) is 6.79. The molecule has 0 saturated heterocycles. The maximum atomic E-state index is 11.3. The Morgan fingerprint density at radius 2 is 2.30 bits per heavy atom. The highest BCUT2D eigenvalue weighted by molar-refractivity contribution is 8.00. The van der Waals surface area contributed by atoms with Gasteiger partial charge in [0.05, 0.1) is 16.8 Å². The number of anilines is 1. The summed E-state index contributed by atoms with van der Waals surface area (Å²) < 4.78 is 4.67. The van der Waals surface area contributed by atoms with Crippen LogP contribution < -0.4 is 10.0 Å². The van der Waals surface area contributed by atoms with Crippen molar-refractivity contribution in [2.45, 2.75) is 4.90 Å². The molecule has 0 aliphatic heterocycles. The molecule has 23 heavy (non-hydrogen) atoms. The molecule has 0 unspecified atom stereocenters. The van der Waals surface area contributed by atoms with Gasteiger partial charge in [0.2, 0.25) is 0 Å². The Hall–Kier alpha value is -2.38. The van der Waals surface area contributed by atoms with Crippen molar-refractivity contribution >= 4 is 52.6 Å². The molecular weight excluding hydrogens is 334 g/mol. The first-order valence-corrected chi connectivity index (χ1v) is 7.98. The largest absolute Gasteiger partial charge is 0.393 e. The van der Waals surface area contributed by atoms with E-state index < -0.39 is 0 Å². The summed E-state index contributed by atoms with van der Waals surface area (Å²) in [7, 11) is 1.78. The van der Waals surface area contributed by atoms with E-state index in [1.54, 1.807) is 25.6 Å². The molecule has 0 spiro atoms. The van der Waals surface area contributed by atoms with E-state index in [4.69, 9.17) is 11.6 Å². The maximum Gasteiger partial charge on any atom is 0.170 e. The van der Waals surface area contributed by atoms with E-state index in [9.17, 15) is 4.79 Å². The van der Waals surface area contributed by atoms with Gasteiger partial charge < -0.3 is 15.0 Å². The van der Waals surface area contributed by atoms with E-state index in [0.29, 0.717) is 16.4 Å². The van der Waals surface area contributed by atoms with E-state index in [-0.39, 0.29) is 0 Å². The molecule has 118 valence electrons. The molecule has 0 radical (unpaired) electrons. The number of carbonyl (C=O) groups excluding carboxylic acids is 1. The second kappa shape index (κ2) is 6.80. The molecule has 3 rings (SSSR count). The Balaban J connectivity index is 1.81. The topological polar surface area (TPSA) is 74.7 Å². The SMILES string of the molecule is CN/C=C\n1ncc(NSc2c[nH]c3cc(Cl)ccc23)c1C=O. The molecule has 0 aliphatic carbocycles. The smallest absolute Gasteiger partial charge is 0.170 e. The molecule has 8 heteroatoms. The molecule has 1 aromatic carbocycles. The molecular formula is C15H14ClN5OS. The van der Waals surface area contributed by atoms with Crippen molar-refractivity contribution in [3.63, 3.8) is 0 Å². The van der Waals surface area contributed by atoms with Crippen molar-refractivity contribution < 1.29 is 4.79 Å². The Morgan fingerprint density at radius 1 is 1.43 bits per heavy atom. The van der Waals surface area contributed by atoms with Crippen LogP contribution in [0, 0.1) is 0 Å². The Bertz CT molecular complexity index is 870. The van der Waals surface area contributed by atoms with Crippen LogP contribution in [0.1, 0.15) is 10.5 Å². The van der Waals surface area contributed by atoms with E-state index in [1.165, 1.54) is 16.6 Å². The van der Waals surface area contributed by atoms with Crippen LogP contribution >= 0.6 is 23.5 Å². The second-order valence-corrected chi connectivity index (χ2v) is 5.94. The summed E-state index contributed by atoms with van der Waals surface area (Å²) in [6.45, 7) is 0. The summed E-state index contributed by atoms with van der Waals surface area (Å²) in [6, 6.07) is 5.68. The van der Waals surface area contributed by atoms with Gasteiger partial charge >= 0.3 is 0 Å². The lowest BCUT2D eigenvalue weighted by Crippen LogP contribution is -2.00. The predicted octanol–water partition coefficient (Wildman–Crippen LogP) is 3.60. The quantitative estimate of drug-likeness (QED) is 0.469. The molecule has 0 saturated carbocycles. The van der Waals surface area contributed by atoms with Crippen molar-refractivity contribution in [2.75, 3.05) is 11.8 Å². The molecule has 2 heterocycles. The molecule has 0 aliphatic rings. The molecule has 0 bridgehead atoms. The number of hydrogen-bond donors (Lipinski definition) is 3. The fraction of sp³-hybridized carbons (Fsp3) is 0.0667. The van der Waals surface area contributed by atoms with Gasteiger partial charge in [-0.1, -0.05) is 17.7 Å².